The molecule has 1 aromatic rings. The molecule has 1 nitrogen and oxygen atoms in total. The molecule has 2 heteroatoms. The van der Waals surface area contributed by atoms with Gasteiger partial charge in [-0.2, -0.15) is 0 Å². The standard InChI is InChI=1S/C12H18FN/c1-4-5-6-12(2,3)10-7-11(13)9-14-8-10/h7-9H,4-6H2,1-3H3. The monoisotopic (exact) mass is 195 g/mol. The Kier molecular flexibility index (Phi) is 3.62. The molecule has 0 aliphatic heterocycles. The molecule has 0 saturated heterocycles. The van der Waals surface area contributed by atoms with Gasteiger partial charge in [0.25, 0.3) is 0 Å². The Labute approximate surface area is 85.4 Å². The first-order chi connectivity index (χ1) is 6.56. The SMILES string of the molecule is CCCCC(C)(C)c1cncc(F)c1. The van der Waals surface area contributed by atoms with Crippen molar-refractivity contribution in [2.45, 2.75) is 45.4 Å². The van der Waals surface area contributed by atoms with Crippen LogP contribution in [0.5, 0.6) is 0 Å². The minimum Gasteiger partial charge on any atom is -0.261 e. The number of unbranched alkanes of at least 4 members (excludes halogenated alkanes) is 1. The predicted octanol–water partition coefficient (Wildman–Crippen LogP) is 3.69. The van der Waals surface area contributed by atoms with Gasteiger partial charge in [0.15, 0.2) is 0 Å². The summed E-state index contributed by atoms with van der Waals surface area (Å²) in [6, 6.07) is 1.59. The van der Waals surface area contributed by atoms with Gasteiger partial charge in [-0.05, 0) is 23.5 Å². The van der Waals surface area contributed by atoms with E-state index in [-0.39, 0.29) is 11.2 Å². The van der Waals surface area contributed by atoms with E-state index in [1.165, 1.54) is 19.0 Å². The van der Waals surface area contributed by atoms with Crippen LogP contribution >= 0.6 is 0 Å². The fourth-order valence-corrected chi connectivity index (χ4v) is 1.55. The van der Waals surface area contributed by atoms with Crippen LogP contribution in [0.3, 0.4) is 0 Å². The third-order valence-electron chi connectivity index (χ3n) is 2.64. The van der Waals surface area contributed by atoms with E-state index in [0.717, 1.165) is 12.0 Å². The van der Waals surface area contributed by atoms with Gasteiger partial charge in [-0.3, -0.25) is 4.98 Å². The van der Waals surface area contributed by atoms with Crippen LogP contribution in [0.1, 0.15) is 45.6 Å². The van der Waals surface area contributed by atoms with Crippen molar-refractivity contribution in [1.82, 2.24) is 4.98 Å². The van der Waals surface area contributed by atoms with Crippen molar-refractivity contribution in [1.29, 1.82) is 0 Å². The van der Waals surface area contributed by atoms with Crippen molar-refractivity contribution < 1.29 is 4.39 Å². The van der Waals surface area contributed by atoms with E-state index < -0.39 is 0 Å². The van der Waals surface area contributed by atoms with E-state index in [9.17, 15) is 4.39 Å². The quantitative estimate of drug-likeness (QED) is 0.714. The molecule has 0 aliphatic carbocycles. The number of hydrogen-bond donors (Lipinski definition) is 0. The molecule has 0 aromatic carbocycles. The molecule has 0 saturated carbocycles. The van der Waals surface area contributed by atoms with Crippen molar-refractivity contribution in [3.63, 3.8) is 0 Å². The summed E-state index contributed by atoms with van der Waals surface area (Å²) in [5.74, 6) is -0.243. The zero-order valence-electron chi connectivity index (χ0n) is 9.18. The second kappa shape index (κ2) is 4.54. The first-order valence-corrected chi connectivity index (χ1v) is 5.17. The molecule has 14 heavy (non-hydrogen) atoms. The van der Waals surface area contributed by atoms with Crippen LogP contribution in [-0.4, -0.2) is 4.98 Å². The van der Waals surface area contributed by atoms with Crippen molar-refractivity contribution >= 4 is 0 Å². The Morgan fingerprint density at radius 3 is 2.64 bits per heavy atom. The highest BCUT2D eigenvalue weighted by Crippen LogP contribution is 2.28. The van der Waals surface area contributed by atoms with Gasteiger partial charge in [0, 0.05) is 6.20 Å². The van der Waals surface area contributed by atoms with Crippen molar-refractivity contribution in [2.24, 2.45) is 0 Å². The van der Waals surface area contributed by atoms with Crippen molar-refractivity contribution in [3.05, 3.63) is 29.8 Å². The zero-order chi connectivity index (χ0) is 10.6. The normalized spacial score (nSPS) is 11.7. The van der Waals surface area contributed by atoms with E-state index in [2.05, 4.69) is 25.8 Å². The topological polar surface area (TPSA) is 12.9 Å². The highest BCUT2D eigenvalue weighted by Gasteiger charge is 2.20. The summed E-state index contributed by atoms with van der Waals surface area (Å²) in [7, 11) is 0. The molecule has 0 N–H and O–H groups in total. The lowest BCUT2D eigenvalue weighted by Gasteiger charge is -2.24. The van der Waals surface area contributed by atoms with E-state index in [1.54, 1.807) is 12.3 Å². The summed E-state index contributed by atoms with van der Waals surface area (Å²) in [4.78, 5) is 3.88. The lowest BCUT2D eigenvalue weighted by molar-refractivity contribution is 0.452. The second-order valence-electron chi connectivity index (χ2n) is 4.38. The van der Waals surface area contributed by atoms with Gasteiger partial charge in [-0.15, -0.1) is 0 Å². The molecule has 78 valence electrons. The molecule has 0 radical (unpaired) electrons. The Morgan fingerprint density at radius 2 is 2.07 bits per heavy atom. The molecule has 0 atom stereocenters. The summed E-state index contributed by atoms with van der Waals surface area (Å²) in [6.07, 6.45) is 6.43. The predicted molar refractivity (Wildman–Crippen MR) is 56.7 cm³/mol. The van der Waals surface area contributed by atoms with E-state index >= 15 is 0 Å². The van der Waals surface area contributed by atoms with Crippen molar-refractivity contribution in [2.75, 3.05) is 0 Å². The Hall–Kier alpha value is -0.920. The van der Waals surface area contributed by atoms with Gasteiger partial charge >= 0.3 is 0 Å². The fourth-order valence-electron chi connectivity index (χ4n) is 1.55. The molecule has 0 amide bonds. The van der Waals surface area contributed by atoms with Gasteiger partial charge < -0.3 is 0 Å². The summed E-state index contributed by atoms with van der Waals surface area (Å²) in [6.45, 7) is 6.44. The van der Waals surface area contributed by atoms with Crippen LogP contribution in [0.25, 0.3) is 0 Å². The van der Waals surface area contributed by atoms with Crippen molar-refractivity contribution in [3.8, 4) is 0 Å². The number of rotatable bonds is 4. The Balaban J connectivity index is 2.80. The lowest BCUT2D eigenvalue weighted by Crippen LogP contribution is -2.17. The Morgan fingerprint density at radius 1 is 1.36 bits per heavy atom. The first-order valence-electron chi connectivity index (χ1n) is 5.17. The van der Waals surface area contributed by atoms with Gasteiger partial charge in [0.1, 0.15) is 5.82 Å². The molecular weight excluding hydrogens is 177 g/mol. The van der Waals surface area contributed by atoms with E-state index in [0.29, 0.717) is 0 Å². The maximum Gasteiger partial charge on any atom is 0.141 e. The van der Waals surface area contributed by atoms with Gasteiger partial charge in [0.2, 0.25) is 0 Å². The molecule has 0 bridgehead atoms. The molecule has 0 spiro atoms. The summed E-state index contributed by atoms with van der Waals surface area (Å²) in [5.41, 5.74) is 1.02. The number of pyridine rings is 1. The summed E-state index contributed by atoms with van der Waals surface area (Å²) in [5, 5.41) is 0. The average molecular weight is 195 g/mol. The lowest BCUT2D eigenvalue weighted by atomic mass is 9.81. The smallest absolute Gasteiger partial charge is 0.141 e. The molecule has 0 aliphatic rings. The van der Waals surface area contributed by atoms with Crippen LogP contribution in [0.2, 0.25) is 0 Å². The third kappa shape index (κ3) is 2.79. The highest BCUT2D eigenvalue weighted by atomic mass is 19.1. The van der Waals surface area contributed by atoms with Gasteiger partial charge in [-0.25, -0.2) is 4.39 Å². The van der Waals surface area contributed by atoms with Crippen LogP contribution in [0.15, 0.2) is 18.5 Å². The maximum absolute atomic E-state index is 13.0. The maximum atomic E-state index is 13.0. The minimum atomic E-state index is -0.243. The summed E-state index contributed by atoms with van der Waals surface area (Å²) >= 11 is 0. The average Bonchev–Trinajstić information content (AvgIpc) is 2.15. The molecule has 1 rings (SSSR count). The second-order valence-corrected chi connectivity index (χ2v) is 4.38. The van der Waals surface area contributed by atoms with Gasteiger partial charge in [0.05, 0.1) is 6.20 Å². The van der Waals surface area contributed by atoms with Crippen LogP contribution < -0.4 is 0 Å². The number of nitrogens with zero attached hydrogens (tertiary/aromatic N) is 1. The molecule has 0 unspecified atom stereocenters. The van der Waals surface area contributed by atoms with Crippen LogP contribution in [-0.2, 0) is 5.41 Å². The molecule has 0 fully saturated rings. The minimum absolute atomic E-state index is 0.0328. The molecular formula is C12H18FN. The number of halogens is 1. The van der Waals surface area contributed by atoms with Gasteiger partial charge in [-0.1, -0.05) is 33.6 Å². The number of aromatic nitrogens is 1. The third-order valence-corrected chi connectivity index (χ3v) is 2.64. The first kappa shape index (κ1) is 11.2. The van der Waals surface area contributed by atoms with Crippen LogP contribution in [0.4, 0.5) is 4.39 Å². The van der Waals surface area contributed by atoms with E-state index in [1.807, 2.05) is 0 Å². The molecule has 1 heterocycles. The highest BCUT2D eigenvalue weighted by molar-refractivity contribution is 5.20. The van der Waals surface area contributed by atoms with E-state index in [4.69, 9.17) is 0 Å². The fraction of sp³-hybridized carbons (Fsp3) is 0.583. The van der Waals surface area contributed by atoms with Crippen LogP contribution in [0, 0.1) is 5.82 Å². The largest absolute Gasteiger partial charge is 0.261 e. The summed E-state index contributed by atoms with van der Waals surface area (Å²) < 4.78 is 13.0. The Bertz CT molecular complexity index is 294. The molecule has 1 aromatic heterocycles. The number of hydrogen-bond acceptors (Lipinski definition) is 1. The zero-order valence-corrected chi connectivity index (χ0v) is 9.18.